The molecule has 11 heteroatoms. The van der Waals surface area contributed by atoms with Crippen LogP contribution in [0.25, 0.3) is 11.0 Å². The number of pyridine rings is 1. The third-order valence-corrected chi connectivity index (χ3v) is 18.0. The molecule has 2 fully saturated rings. The first-order chi connectivity index (χ1) is 24.2. The molecule has 1 saturated carbocycles. The number of nitrogens with two attached hydrogens (primary N) is 1. The zero-order valence-corrected chi connectivity index (χ0v) is 33.4. The van der Waals surface area contributed by atoms with Crippen LogP contribution in [-0.4, -0.2) is 92.2 Å². The van der Waals surface area contributed by atoms with Gasteiger partial charge in [0.1, 0.15) is 13.7 Å². The maximum absolute atomic E-state index is 14.2. The average Bonchev–Trinajstić information content (AvgIpc) is 3.07. The Labute approximate surface area is 306 Å². The number of carbonyl (C=O) groups is 1. The molecule has 2 aliphatic rings. The number of fused-ring (bicyclic) bond motifs is 1. The van der Waals surface area contributed by atoms with Crippen LogP contribution in [0, 0.1) is 23.3 Å². The Kier molecular flexibility index (Phi) is 12.3. The Morgan fingerprint density at radius 3 is 2.14 bits per heavy atom. The van der Waals surface area contributed by atoms with Crippen molar-refractivity contribution in [2.75, 3.05) is 64.1 Å². The molecule has 0 bridgehead atoms. The van der Waals surface area contributed by atoms with E-state index in [2.05, 4.69) is 99.4 Å². The van der Waals surface area contributed by atoms with E-state index < -0.39 is 8.07 Å². The number of hydrogen-bond donors (Lipinski definition) is 2. The van der Waals surface area contributed by atoms with Gasteiger partial charge in [-0.25, -0.2) is 4.98 Å². The lowest BCUT2D eigenvalue weighted by Crippen LogP contribution is -2.44. The number of benzene rings is 1. The summed E-state index contributed by atoms with van der Waals surface area (Å²) in [7, 11) is 4.06. The molecule has 1 atom stereocenters. The molecule has 3 aromatic rings. The summed E-state index contributed by atoms with van der Waals surface area (Å²) in [6.07, 6.45) is 5.02. The van der Waals surface area contributed by atoms with Crippen molar-refractivity contribution in [1.29, 1.82) is 0 Å². The Balaban J connectivity index is 1.52. The molecule has 2 aromatic heterocycles. The van der Waals surface area contributed by atoms with Gasteiger partial charge in [-0.3, -0.25) is 14.2 Å². The van der Waals surface area contributed by atoms with Crippen molar-refractivity contribution in [3.63, 3.8) is 0 Å². The molecule has 51 heavy (non-hydrogen) atoms. The average molecular weight is 713 g/mol. The van der Waals surface area contributed by atoms with Gasteiger partial charge in [-0.15, -0.1) is 5.54 Å². The predicted molar refractivity (Wildman–Crippen MR) is 213 cm³/mol. The minimum absolute atomic E-state index is 0.0489. The summed E-state index contributed by atoms with van der Waals surface area (Å²) in [5, 5.41) is 4.20. The van der Waals surface area contributed by atoms with E-state index in [1.54, 1.807) is 6.07 Å². The first-order valence-corrected chi connectivity index (χ1v) is 21.1. The summed E-state index contributed by atoms with van der Waals surface area (Å²) >= 11 is 0. The standard InChI is InChI=1S/C40H60N8O2Si/c1-27(2)51(28(3)4,29(5)6)23-18-31-24-37(49)48(34-14-10-30(11-15-34)36(38(41)50)26-45(7)8)39-35(31)25-42-40(44-39)43-32-12-16-33(17-13-32)47-21-19-46(9)20-22-47/h12-13,16-17,24-25,27-30,34,36H,10-11,14-15,19-22,26H2,1-9H3,(H2,41,50)(H,42,43,44). The van der Waals surface area contributed by atoms with Crippen molar-refractivity contribution < 1.29 is 4.79 Å². The number of carbonyl (C=O) groups excluding carboxylic acids is 1. The van der Waals surface area contributed by atoms with Gasteiger partial charge in [0.15, 0.2) is 0 Å². The fourth-order valence-electron chi connectivity index (χ4n) is 8.82. The number of nitrogens with zero attached hydrogens (tertiary/aromatic N) is 6. The van der Waals surface area contributed by atoms with Gasteiger partial charge in [0.2, 0.25) is 11.9 Å². The minimum Gasteiger partial charge on any atom is -0.369 e. The SMILES string of the molecule is CC(C)[Si](C#Cc1cc(=O)n(C2CCC(C(CN(C)C)C(N)=O)CC2)c2nc(Nc3ccc(N4CCN(C)CC4)cc3)ncc12)(C(C)C)C(C)C. The van der Waals surface area contributed by atoms with Crippen LogP contribution in [0.2, 0.25) is 16.6 Å². The second-order valence-electron chi connectivity index (χ2n) is 16.1. The van der Waals surface area contributed by atoms with Crippen molar-refractivity contribution in [1.82, 2.24) is 24.3 Å². The second-order valence-corrected chi connectivity index (χ2v) is 21.7. The van der Waals surface area contributed by atoms with Crippen LogP contribution in [-0.2, 0) is 4.79 Å². The fourth-order valence-corrected chi connectivity index (χ4v) is 14.0. The topological polar surface area (TPSA) is 113 Å². The third-order valence-electron chi connectivity index (χ3n) is 11.7. The van der Waals surface area contributed by atoms with Crippen LogP contribution >= 0.6 is 0 Å². The summed E-state index contributed by atoms with van der Waals surface area (Å²) in [5.74, 6) is 3.71. The molecule has 1 unspecified atom stereocenters. The van der Waals surface area contributed by atoms with E-state index in [1.807, 2.05) is 29.8 Å². The number of likely N-dealkylation sites (N-methyl/N-ethyl adjacent to an activating group) is 1. The number of rotatable bonds is 11. The van der Waals surface area contributed by atoms with Crippen molar-refractivity contribution >= 4 is 42.3 Å². The zero-order valence-electron chi connectivity index (χ0n) is 32.4. The summed E-state index contributed by atoms with van der Waals surface area (Å²) < 4.78 is 1.86. The number of primary amides is 1. The van der Waals surface area contributed by atoms with E-state index in [-0.39, 0.29) is 29.3 Å². The molecule has 1 aliphatic heterocycles. The lowest BCUT2D eigenvalue weighted by molar-refractivity contribution is -0.124. The van der Waals surface area contributed by atoms with Crippen molar-refractivity contribution in [3.05, 3.63) is 52.4 Å². The summed E-state index contributed by atoms with van der Waals surface area (Å²) in [6.45, 7) is 18.6. The number of nitrogens with one attached hydrogen (secondary N) is 1. The minimum atomic E-state index is -2.05. The predicted octanol–water partition coefficient (Wildman–Crippen LogP) is 6.25. The zero-order chi connectivity index (χ0) is 37.0. The highest BCUT2D eigenvalue weighted by atomic mass is 28.3. The molecule has 3 heterocycles. The first-order valence-electron chi connectivity index (χ1n) is 18.9. The summed E-state index contributed by atoms with van der Waals surface area (Å²) in [6, 6.07) is 10.1. The molecule has 3 N–H and O–H groups in total. The van der Waals surface area contributed by atoms with Crippen molar-refractivity contribution in [2.45, 2.75) is 89.9 Å². The number of amides is 1. The molecular weight excluding hydrogens is 653 g/mol. The molecular formula is C40H60N8O2Si. The molecule has 0 radical (unpaired) electrons. The number of anilines is 3. The Hall–Kier alpha value is -3.72. The normalized spacial score (nSPS) is 19.5. The monoisotopic (exact) mass is 712 g/mol. The molecule has 276 valence electrons. The van der Waals surface area contributed by atoms with E-state index in [0.717, 1.165) is 62.9 Å². The number of aromatic nitrogens is 3. The van der Waals surface area contributed by atoms with Crippen LogP contribution in [0.4, 0.5) is 17.3 Å². The van der Waals surface area contributed by atoms with Gasteiger partial charge in [0.05, 0.1) is 11.3 Å². The van der Waals surface area contributed by atoms with Crippen molar-refractivity contribution in [3.8, 4) is 11.5 Å². The molecule has 1 saturated heterocycles. The molecule has 5 rings (SSSR count). The largest absolute Gasteiger partial charge is 0.369 e. The van der Waals surface area contributed by atoms with Crippen LogP contribution in [0.5, 0.6) is 0 Å². The van der Waals surface area contributed by atoms with E-state index >= 15 is 0 Å². The fraction of sp³-hybridized carbons (Fsp3) is 0.600. The second kappa shape index (κ2) is 16.3. The first kappa shape index (κ1) is 38.5. The highest BCUT2D eigenvalue weighted by Gasteiger charge is 2.42. The molecule has 10 nitrogen and oxygen atoms in total. The molecule has 0 spiro atoms. The van der Waals surface area contributed by atoms with Gasteiger partial charge < -0.3 is 25.8 Å². The van der Waals surface area contributed by atoms with Crippen molar-refractivity contribution in [2.24, 2.45) is 17.6 Å². The van der Waals surface area contributed by atoms with Gasteiger partial charge in [0.25, 0.3) is 5.56 Å². The van der Waals surface area contributed by atoms with E-state index in [9.17, 15) is 9.59 Å². The van der Waals surface area contributed by atoms with E-state index in [1.165, 1.54) is 5.69 Å². The maximum atomic E-state index is 14.2. The summed E-state index contributed by atoms with van der Waals surface area (Å²) in [4.78, 5) is 43.2. The van der Waals surface area contributed by atoms with Crippen LogP contribution < -0.4 is 21.5 Å². The molecule has 1 amide bonds. The Morgan fingerprint density at radius 1 is 0.980 bits per heavy atom. The van der Waals surface area contributed by atoms with Gasteiger partial charge in [-0.05, 0) is 93.6 Å². The Bertz CT molecular complexity index is 1750. The lowest BCUT2D eigenvalue weighted by Gasteiger charge is -2.38. The van der Waals surface area contributed by atoms with Gasteiger partial charge >= 0.3 is 0 Å². The van der Waals surface area contributed by atoms with Crippen LogP contribution in [0.3, 0.4) is 0 Å². The van der Waals surface area contributed by atoms with E-state index in [0.29, 0.717) is 40.3 Å². The van der Waals surface area contributed by atoms with Gasteiger partial charge in [0, 0.05) is 68.0 Å². The van der Waals surface area contributed by atoms with Gasteiger partial charge in [-0.1, -0.05) is 47.5 Å². The Morgan fingerprint density at radius 2 is 1.59 bits per heavy atom. The van der Waals surface area contributed by atoms with Crippen LogP contribution in [0.1, 0.15) is 78.8 Å². The molecule has 1 aliphatic carbocycles. The smallest absolute Gasteiger partial charge is 0.253 e. The van der Waals surface area contributed by atoms with Crippen LogP contribution in [0.15, 0.2) is 41.3 Å². The molecule has 1 aromatic carbocycles. The number of piperazine rings is 1. The quantitative estimate of drug-likeness (QED) is 0.177. The highest BCUT2D eigenvalue weighted by molar-refractivity contribution is 6.90. The number of hydrogen-bond acceptors (Lipinski definition) is 8. The van der Waals surface area contributed by atoms with E-state index in [4.69, 9.17) is 15.7 Å². The lowest BCUT2D eigenvalue weighted by atomic mass is 9.77. The summed E-state index contributed by atoms with van der Waals surface area (Å²) in [5.41, 5.74) is 14.4. The van der Waals surface area contributed by atoms with Gasteiger partial charge in [-0.2, -0.15) is 4.98 Å². The maximum Gasteiger partial charge on any atom is 0.253 e. The highest BCUT2D eigenvalue weighted by Crippen LogP contribution is 2.41. The third kappa shape index (κ3) is 8.51.